The fraction of sp³-hybridized carbons (Fsp3) is 0.588. The van der Waals surface area contributed by atoms with Gasteiger partial charge in [0.05, 0.1) is 6.54 Å². The molecule has 0 heterocycles. The van der Waals surface area contributed by atoms with Crippen LogP contribution >= 0.6 is 0 Å². The van der Waals surface area contributed by atoms with Crippen LogP contribution in [-0.2, 0) is 11.2 Å². The molecule has 4 heteroatoms. The average molecular weight is 292 g/mol. The molecular formula is C17H28N2O2. The molecule has 1 rings (SSSR count). The van der Waals surface area contributed by atoms with E-state index in [0.29, 0.717) is 6.54 Å². The van der Waals surface area contributed by atoms with Gasteiger partial charge in [-0.15, -0.1) is 0 Å². The Morgan fingerprint density at radius 2 is 2.05 bits per heavy atom. The molecule has 0 saturated carbocycles. The van der Waals surface area contributed by atoms with Gasteiger partial charge in [0, 0.05) is 12.3 Å². The summed E-state index contributed by atoms with van der Waals surface area (Å²) in [5.41, 5.74) is 3.24. The van der Waals surface area contributed by atoms with Gasteiger partial charge >= 0.3 is 0 Å². The number of hydrogen-bond donors (Lipinski definition) is 2. The summed E-state index contributed by atoms with van der Waals surface area (Å²) in [5, 5.41) is 11.8. The van der Waals surface area contributed by atoms with Crippen molar-refractivity contribution in [2.75, 3.05) is 32.1 Å². The molecule has 0 aliphatic carbocycles. The van der Waals surface area contributed by atoms with Crippen LogP contribution in [0.3, 0.4) is 0 Å². The molecule has 1 aromatic carbocycles. The Bertz CT molecular complexity index is 446. The number of nitrogens with one attached hydrogen (secondary N) is 1. The number of benzene rings is 1. The molecule has 0 fully saturated rings. The zero-order valence-corrected chi connectivity index (χ0v) is 13.5. The minimum absolute atomic E-state index is 0.0312. The third-order valence-electron chi connectivity index (χ3n) is 3.62. The number of carbonyl (C=O) groups is 1. The van der Waals surface area contributed by atoms with Crippen molar-refractivity contribution < 1.29 is 9.90 Å². The lowest BCUT2D eigenvalue weighted by Gasteiger charge is -2.18. The number of amides is 1. The second-order valence-electron chi connectivity index (χ2n) is 5.53. The van der Waals surface area contributed by atoms with E-state index in [2.05, 4.69) is 18.3 Å². The molecule has 4 nitrogen and oxygen atoms in total. The van der Waals surface area contributed by atoms with Gasteiger partial charge in [0.2, 0.25) is 5.91 Å². The molecule has 0 atom stereocenters. The highest BCUT2D eigenvalue weighted by molar-refractivity contribution is 5.93. The molecule has 21 heavy (non-hydrogen) atoms. The monoisotopic (exact) mass is 292 g/mol. The first kappa shape index (κ1) is 17.7. The Balaban J connectivity index is 2.46. The van der Waals surface area contributed by atoms with Gasteiger partial charge in [-0.3, -0.25) is 9.69 Å². The number of unbranched alkanes of at least 4 members (excludes halogenated alkanes) is 2. The topological polar surface area (TPSA) is 52.6 Å². The third kappa shape index (κ3) is 6.27. The van der Waals surface area contributed by atoms with Gasteiger partial charge in [0.15, 0.2) is 0 Å². The quantitative estimate of drug-likeness (QED) is 0.688. The van der Waals surface area contributed by atoms with Crippen molar-refractivity contribution in [3.05, 3.63) is 29.3 Å². The number of aryl methyl sites for hydroxylation is 2. The molecule has 0 aliphatic rings. The van der Waals surface area contributed by atoms with Gasteiger partial charge < -0.3 is 10.4 Å². The number of likely N-dealkylation sites (N-methyl/N-ethyl adjacent to an activating group) is 1. The van der Waals surface area contributed by atoms with Crippen molar-refractivity contribution in [3.8, 4) is 0 Å². The Morgan fingerprint density at radius 1 is 1.29 bits per heavy atom. The maximum Gasteiger partial charge on any atom is 0.238 e. The maximum absolute atomic E-state index is 12.1. The summed E-state index contributed by atoms with van der Waals surface area (Å²) >= 11 is 0. The van der Waals surface area contributed by atoms with Gasteiger partial charge in [-0.1, -0.05) is 25.1 Å². The van der Waals surface area contributed by atoms with Crippen molar-refractivity contribution in [2.24, 2.45) is 0 Å². The molecule has 0 aromatic heterocycles. The van der Waals surface area contributed by atoms with E-state index in [9.17, 15) is 4.79 Å². The first-order chi connectivity index (χ1) is 10.1. The van der Waals surface area contributed by atoms with E-state index >= 15 is 0 Å². The van der Waals surface area contributed by atoms with Crippen LogP contribution in [0.2, 0.25) is 0 Å². The summed E-state index contributed by atoms with van der Waals surface area (Å²) in [5.74, 6) is 0.0312. The number of anilines is 1. The smallest absolute Gasteiger partial charge is 0.238 e. The Morgan fingerprint density at radius 3 is 2.71 bits per heavy atom. The Hall–Kier alpha value is -1.39. The number of carbonyl (C=O) groups excluding carboxylic acids is 1. The van der Waals surface area contributed by atoms with E-state index in [1.807, 2.05) is 31.0 Å². The zero-order valence-electron chi connectivity index (χ0n) is 13.5. The minimum atomic E-state index is 0.0312. The van der Waals surface area contributed by atoms with E-state index in [0.717, 1.165) is 43.5 Å². The van der Waals surface area contributed by atoms with Crippen LogP contribution in [0.1, 0.15) is 37.3 Å². The molecule has 118 valence electrons. The number of hydrogen-bond acceptors (Lipinski definition) is 3. The van der Waals surface area contributed by atoms with Crippen LogP contribution in [0, 0.1) is 6.92 Å². The van der Waals surface area contributed by atoms with Gasteiger partial charge in [-0.25, -0.2) is 0 Å². The number of aliphatic hydroxyl groups excluding tert-OH is 1. The predicted molar refractivity (Wildman–Crippen MR) is 87.6 cm³/mol. The second kappa shape index (κ2) is 9.53. The Labute approximate surface area is 128 Å². The van der Waals surface area contributed by atoms with Gasteiger partial charge in [0.1, 0.15) is 0 Å². The number of rotatable bonds is 9. The van der Waals surface area contributed by atoms with E-state index in [1.54, 1.807) is 0 Å². The van der Waals surface area contributed by atoms with Gasteiger partial charge in [0.25, 0.3) is 0 Å². The van der Waals surface area contributed by atoms with Crippen molar-refractivity contribution in [3.63, 3.8) is 0 Å². The van der Waals surface area contributed by atoms with E-state index in [1.165, 1.54) is 5.56 Å². The van der Waals surface area contributed by atoms with Crippen LogP contribution < -0.4 is 5.32 Å². The van der Waals surface area contributed by atoms with Gasteiger partial charge in [-0.05, 0) is 57.3 Å². The highest BCUT2D eigenvalue weighted by atomic mass is 16.2. The average Bonchev–Trinajstić information content (AvgIpc) is 2.45. The number of nitrogens with zero attached hydrogens (tertiary/aromatic N) is 1. The van der Waals surface area contributed by atoms with Crippen LogP contribution in [0.25, 0.3) is 0 Å². The molecule has 2 N–H and O–H groups in total. The maximum atomic E-state index is 12.1. The highest BCUT2D eigenvalue weighted by Gasteiger charge is 2.10. The largest absolute Gasteiger partial charge is 0.396 e. The zero-order chi connectivity index (χ0) is 15.7. The summed E-state index contributed by atoms with van der Waals surface area (Å²) in [6.07, 6.45) is 3.76. The SMILES string of the molecule is CCc1cccc(C)c1NC(=O)CN(C)CCCCCO. The molecular weight excluding hydrogens is 264 g/mol. The summed E-state index contributed by atoms with van der Waals surface area (Å²) in [6.45, 7) is 5.64. The Kier molecular flexibility index (Phi) is 8.01. The summed E-state index contributed by atoms with van der Waals surface area (Å²) in [4.78, 5) is 14.2. The first-order valence-electron chi connectivity index (χ1n) is 7.76. The molecule has 0 radical (unpaired) electrons. The summed E-state index contributed by atoms with van der Waals surface area (Å²) < 4.78 is 0. The first-order valence-corrected chi connectivity index (χ1v) is 7.76. The predicted octanol–water partition coefficient (Wildman–Crippen LogP) is 2.59. The lowest BCUT2D eigenvalue weighted by Crippen LogP contribution is -2.31. The standard InChI is InChI=1S/C17H28N2O2/c1-4-15-10-8-9-14(2)17(15)18-16(21)13-19(3)11-6-5-7-12-20/h8-10,20H,4-7,11-13H2,1-3H3,(H,18,21). The van der Waals surface area contributed by atoms with E-state index in [4.69, 9.17) is 5.11 Å². The summed E-state index contributed by atoms with van der Waals surface area (Å²) in [7, 11) is 1.96. The molecule has 0 bridgehead atoms. The second-order valence-corrected chi connectivity index (χ2v) is 5.53. The minimum Gasteiger partial charge on any atom is -0.396 e. The normalized spacial score (nSPS) is 10.9. The molecule has 0 aliphatic heterocycles. The molecule has 0 unspecified atom stereocenters. The van der Waals surface area contributed by atoms with E-state index < -0.39 is 0 Å². The third-order valence-corrected chi connectivity index (χ3v) is 3.62. The fourth-order valence-corrected chi connectivity index (χ4v) is 2.38. The summed E-state index contributed by atoms with van der Waals surface area (Å²) in [6, 6.07) is 6.10. The molecule has 0 saturated heterocycles. The molecule has 1 aromatic rings. The van der Waals surface area contributed by atoms with Crippen LogP contribution in [-0.4, -0.2) is 42.7 Å². The molecule has 1 amide bonds. The number of para-hydroxylation sites is 1. The van der Waals surface area contributed by atoms with Crippen LogP contribution in [0.4, 0.5) is 5.69 Å². The van der Waals surface area contributed by atoms with Crippen LogP contribution in [0.5, 0.6) is 0 Å². The molecule has 0 spiro atoms. The van der Waals surface area contributed by atoms with Crippen molar-refractivity contribution in [2.45, 2.75) is 39.5 Å². The van der Waals surface area contributed by atoms with E-state index in [-0.39, 0.29) is 12.5 Å². The highest BCUT2D eigenvalue weighted by Crippen LogP contribution is 2.20. The number of aliphatic hydroxyl groups is 1. The van der Waals surface area contributed by atoms with Gasteiger partial charge in [-0.2, -0.15) is 0 Å². The fourth-order valence-electron chi connectivity index (χ4n) is 2.38. The lowest BCUT2D eigenvalue weighted by molar-refractivity contribution is -0.117. The van der Waals surface area contributed by atoms with Crippen molar-refractivity contribution in [1.29, 1.82) is 0 Å². The van der Waals surface area contributed by atoms with Crippen LogP contribution in [0.15, 0.2) is 18.2 Å². The van der Waals surface area contributed by atoms with Crippen molar-refractivity contribution in [1.82, 2.24) is 4.90 Å². The lowest BCUT2D eigenvalue weighted by atomic mass is 10.1. The van der Waals surface area contributed by atoms with Crippen molar-refractivity contribution >= 4 is 11.6 Å².